The van der Waals surface area contributed by atoms with E-state index in [4.69, 9.17) is 11.6 Å². The predicted octanol–water partition coefficient (Wildman–Crippen LogP) is 2.85. The summed E-state index contributed by atoms with van der Waals surface area (Å²) in [6, 6.07) is 5.93. The average Bonchev–Trinajstić information content (AvgIpc) is 2.81. The molecule has 0 spiro atoms. The first-order chi connectivity index (χ1) is 7.74. The lowest BCUT2D eigenvalue weighted by Gasteiger charge is -2.00. The molecule has 16 heavy (non-hydrogen) atoms. The molecule has 4 heteroatoms. The van der Waals surface area contributed by atoms with Gasteiger partial charge in [-0.2, -0.15) is 5.10 Å². The number of pyridine rings is 1. The third-order valence-electron chi connectivity index (χ3n) is 2.95. The Morgan fingerprint density at radius 2 is 2.19 bits per heavy atom. The molecule has 82 valence electrons. The summed E-state index contributed by atoms with van der Waals surface area (Å²) in [6.45, 7) is 2.94. The Kier molecular flexibility index (Phi) is 2.21. The molecule has 0 saturated carbocycles. The Morgan fingerprint density at radius 1 is 1.31 bits per heavy atom. The van der Waals surface area contributed by atoms with Crippen LogP contribution in [0.3, 0.4) is 0 Å². The van der Waals surface area contributed by atoms with Gasteiger partial charge in [0.25, 0.3) is 0 Å². The summed E-state index contributed by atoms with van der Waals surface area (Å²) in [6.07, 6.45) is 2.33. The van der Waals surface area contributed by atoms with E-state index in [-0.39, 0.29) is 0 Å². The second kappa shape index (κ2) is 3.59. The van der Waals surface area contributed by atoms with E-state index in [1.807, 2.05) is 19.1 Å². The van der Waals surface area contributed by atoms with Gasteiger partial charge in [0.1, 0.15) is 5.69 Å². The second-order valence-corrected chi connectivity index (χ2v) is 4.52. The van der Waals surface area contributed by atoms with E-state index in [2.05, 4.69) is 20.8 Å². The van der Waals surface area contributed by atoms with Crippen molar-refractivity contribution < 1.29 is 0 Å². The summed E-state index contributed by atoms with van der Waals surface area (Å²) in [7, 11) is 0. The molecule has 0 aliphatic carbocycles. The number of hydrogen-bond acceptors (Lipinski definition) is 2. The molecule has 3 nitrogen and oxygen atoms in total. The summed E-state index contributed by atoms with van der Waals surface area (Å²) in [4.78, 5) is 4.45. The molecule has 0 aromatic carbocycles. The van der Waals surface area contributed by atoms with Crippen LogP contribution in [-0.2, 0) is 13.0 Å². The number of halogens is 1. The molecule has 0 radical (unpaired) electrons. The van der Waals surface area contributed by atoms with Gasteiger partial charge < -0.3 is 0 Å². The lowest BCUT2D eigenvalue weighted by molar-refractivity contribution is 0.658. The number of rotatable bonds is 1. The number of aromatic nitrogens is 3. The molecule has 3 rings (SSSR count). The number of hydrogen-bond donors (Lipinski definition) is 0. The van der Waals surface area contributed by atoms with Crippen LogP contribution in [0.4, 0.5) is 0 Å². The first kappa shape index (κ1) is 9.85. The van der Waals surface area contributed by atoms with Gasteiger partial charge in [0.2, 0.25) is 0 Å². The minimum absolute atomic E-state index is 0.704. The quantitative estimate of drug-likeness (QED) is 0.758. The molecule has 0 saturated heterocycles. The van der Waals surface area contributed by atoms with Gasteiger partial charge in [-0.15, -0.1) is 0 Å². The van der Waals surface area contributed by atoms with Gasteiger partial charge in [-0.3, -0.25) is 4.68 Å². The SMILES string of the molecule is Cc1nc(-c2cc3n(n2)CCC3)ccc1Cl. The molecular weight excluding hydrogens is 222 g/mol. The topological polar surface area (TPSA) is 30.7 Å². The van der Waals surface area contributed by atoms with E-state index in [1.54, 1.807) is 0 Å². The van der Waals surface area contributed by atoms with Crippen molar-refractivity contribution in [1.82, 2.24) is 14.8 Å². The Hall–Kier alpha value is -1.35. The summed E-state index contributed by atoms with van der Waals surface area (Å²) < 4.78 is 2.07. The van der Waals surface area contributed by atoms with Gasteiger partial charge >= 0.3 is 0 Å². The maximum absolute atomic E-state index is 5.95. The van der Waals surface area contributed by atoms with Crippen LogP contribution < -0.4 is 0 Å². The molecule has 0 atom stereocenters. The average molecular weight is 234 g/mol. The Bertz CT molecular complexity index is 524. The molecule has 3 heterocycles. The highest BCUT2D eigenvalue weighted by Crippen LogP contribution is 2.24. The van der Waals surface area contributed by atoms with Gasteiger partial charge in [0, 0.05) is 12.2 Å². The Morgan fingerprint density at radius 3 is 2.94 bits per heavy atom. The molecule has 2 aromatic heterocycles. The maximum Gasteiger partial charge on any atom is 0.111 e. The molecular formula is C12H12ClN3. The van der Waals surface area contributed by atoms with E-state index < -0.39 is 0 Å². The number of aryl methyl sites for hydroxylation is 3. The first-order valence-corrected chi connectivity index (χ1v) is 5.82. The maximum atomic E-state index is 5.95. The van der Waals surface area contributed by atoms with E-state index in [0.717, 1.165) is 30.0 Å². The van der Waals surface area contributed by atoms with Crippen LogP contribution in [-0.4, -0.2) is 14.8 Å². The van der Waals surface area contributed by atoms with Crippen molar-refractivity contribution in [3.8, 4) is 11.4 Å². The molecule has 0 unspecified atom stereocenters. The predicted molar refractivity (Wildman–Crippen MR) is 63.5 cm³/mol. The van der Waals surface area contributed by atoms with Crippen molar-refractivity contribution in [2.45, 2.75) is 26.3 Å². The van der Waals surface area contributed by atoms with Gasteiger partial charge in [-0.1, -0.05) is 11.6 Å². The lowest BCUT2D eigenvalue weighted by atomic mass is 10.2. The first-order valence-electron chi connectivity index (χ1n) is 5.44. The highest BCUT2D eigenvalue weighted by Gasteiger charge is 2.15. The zero-order chi connectivity index (χ0) is 11.1. The van der Waals surface area contributed by atoms with Crippen molar-refractivity contribution in [1.29, 1.82) is 0 Å². The van der Waals surface area contributed by atoms with Crippen molar-refractivity contribution in [2.75, 3.05) is 0 Å². The summed E-state index contributed by atoms with van der Waals surface area (Å²) >= 11 is 5.95. The molecule has 1 aliphatic heterocycles. The fourth-order valence-corrected chi connectivity index (χ4v) is 2.18. The third kappa shape index (κ3) is 1.52. The van der Waals surface area contributed by atoms with E-state index in [9.17, 15) is 0 Å². The van der Waals surface area contributed by atoms with Crippen LogP contribution in [0.25, 0.3) is 11.4 Å². The highest BCUT2D eigenvalue weighted by molar-refractivity contribution is 6.31. The minimum Gasteiger partial charge on any atom is -0.269 e. The third-order valence-corrected chi connectivity index (χ3v) is 3.35. The minimum atomic E-state index is 0.704. The smallest absolute Gasteiger partial charge is 0.111 e. The Balaban J connectivity index is 2.05. The van der Waals surface area contributed by atoms with Crippen LogP contribution in [0.5, 0.6) is 0 Å². The fourth-order valence-electron chi connectivity index (χ4n) is 2.07. The van der Waals surface area contributed by atoms with Gasteiger partial charge in [0.15, 0.2) is 0 Å². The van der Waals surface area contributed by atoms with Gasteiger partial charge in [-0.25, -0.2) is 4.98 Å². The largest absolute Gasteiger partial charge is 0.269 e. The van der Waals surface area contributed by atoms with Crippen molar-refractivity contribution in [3.05, 3.63) is 34.6 Å². The summed E-state index contributed by atoms with van der Waals surface area (Å²) in [5.41, 5.74) is 4.02. The van der Waals surface area contributed by atoms with Crippen LogP contribution in [0.15, 0.2) is 18.2 Å². The molecule has 0 N–H and O–H groups in total. The summed E-state index contributed by atoms with van der Waals surface area (Å²) in [5, 5.41) is 5.25. The van der Waals surface area contributed by atoms with E-state index >= 15 is 0 Å². The van der Waals surface area contributed by atoms with E-state index in [1.165, 1.54) is 12.1 Å². The lowest BCUT2D eigenvalue weighted by Crippen LogP contribution is -1.95. The standard InChI is InChI=1S/C12H12ClN3/c1-8-10(13)4-5-11(14-8)12-7-9-3-2-6-16(9)15-12/h4-5,7H,2-3,6H2,1H3. The van der Waals surface area contributed by atoms with Gasteiger partial charge in [-0.05, 0) is 38.0 Å². The van der Waals surface area contributed by atoms with Crippen LogP contribution in [0, 0.1) is 6.92 Å². The fraction of sp³-hybridized carbons (Fsp3) is 0.333. The zero-order valence-electron chi connectivity index (χ0n) is 9.07. The van der Waals surface area contributed by atoms with Crippen molar-refractivity contribution in [3.63, 3.8) is 0 Å². The molecule has 0 fully saturated rings. The summed E-state index contributed by atoms with van der Waals surface area (Å²) in [5.74, 6) is 0. The number of nitrogens with zero attached hydrogens (tertiary/aromatic N) is 3. The monoisotopic (exact) mass is 233 g/mol. The van der Waals surface area contributed by atoms with Crippen LogP contribution in [0.1, 0.15) is 17.8 Å². The highest BCUT2D eigenvalue weighted by atomic mass is 35.5. The van der Waals surface area contributed by atoms with Crippen molar-refractivity contribution >= 4 is 11.6 Å². The van der Waals surface area contributed by atoms with Crippen molar-refractivity contribution in [2.24, 2.45) is 0 Å². The number of fused-ring (bicyclic) bond motifs is 1. The Labute approximate surface area is 99.1 Å². The normalized spacial score (nSPS) is 14.1. The molecule has 1 aliphatic rings. The molecule has 0 bridgehead atoms. The zero-order valence-corrected chi connectivity index (χ0v) is 9.83. The van der Waals surface area contributed by atoms with Crippen LogP contribution in [0.2, 0.25) is 5.02 Å². The second-order valence-electron chi connectivity index (χ2n) is 4.11. The van der Waals surface area contributed by atoms with E-state index in [0.29, 0.717) is 5.02 Å². The molecule has 0 amide bonds. The van der Waals surface area contributed by atoms with Crippen LogP contribution >= 0.6 is 11.6 Å². The molecule has 2 aromatic rings. The van der Waals surface area contributed by atoms with Gasteiger partial charge in [0.05, 0.1) is 16.4 Å².